The van der Waals surface area contributed by atoms with Crippen LogP contribution >= 0.6 is 11.6 Å². The largest absolute Gasteiger partial charge is 0.454 e. The van der Waals surface area contributed by atoms with Gasteiger partial charge < -0.3 is 14.4 Å². The molecule has 6 heteroatoms. The van der Waals surface area contributed by atoms with E-state index in [0.29, 0.717) is 17.1 Å². The second kappa shape index (κ2) is 8.19. The highest BCUT2D eigenvalue weighted by atomic mass is 35.5. The molecule has 142 valence electrons. The summed E-state index contributed by atoms with van der Waals surface area (Å²) in [6.45, 7) is 4.59. The molecular formula is C21H23ClN2O3. The molecule has 0 unspecified atom stereocenters. The van der Waals surface area contributed by atoms with Gasteiger partial charge in [-0.3, -0.25) is 9.69 Å². The van der Waals surface area contributed by atoms with E-state index in [-0.39, 0.29) is 12.7 Å². The Morgan fingerprint density at radius 1 is 1.00 bits per heavy atom. The molecule has 2 heterocycles. The fourth-order valence-electron chi connectivity index (χ4n) is 3.59. The van der Waals surface area contributed by atoms with Gasteiger partial charge in [-0.25, -0.2) is 0 Å². The predicted octanol–water partition coefficient (Wildman–Crippen LogP) is 3.46. The van der Waals surface area contributed by atoms with Gasteiger partial charge in [0.25, 0.3) is 5.91 Å². The van der Waals surface area contributed by atoms with Crippen LogP contribution in [-0.2, 0) is 6.42 Å². The molecule has 0 spiro atoms. The quantitative estimate of drug-likeness (QED) is 0.789. The van der Waals surface area contributed by atoms with Gasteiger partial charge in [0.1, 0.15) is 0 Å². The van der Waals surface area contributed by atoms with Crippen molar-refractivity contribution in [2.45, 2.75) is 12.8 Å². The van der Waals surface area contributed by atoms with E-state index < -0.39 is 0 Å². The molecule has 0 N–H and O–H groups in total. The third-order valence-electron chi connectivity index (χ3n) is 5.11. The molecule has 0 bridgehead atoms. The first-order valence-electron chi connectivity index (χ1n) is 9.35. The van der Waals surface area contributed by atoms with Crippen LogP contribution in [0.5, 0.6) is 11.5 Å². The fraction of sp³-hybridized carbons (Fsp3) is 0.381. The van der Waals surface area contributed by atoms with Gasteiger partial charge in [-0.05, 0) is 55.3 Å². The molecule has 2 aromatic rings. The number of fused-ring (bicyclic) bond motifs is 1. The topological polar surface area (TPSA) is 42.0 Å². The molecule has 2 aromatic carbocycles. The number of piperazine rings is 1. The Morgan fingerprint density at radius 2 is 1.81 bits per heavy atom. The van der Waals surface area contributed by atoms with Crippen molar-refractivity contribution < 1.29 is 14.3 Å². The molecule has 1 amide bonds. The number of hydrogen-bond acceptors (Lipinski definition) is 4. The van der Waals surface area contributed by atoms with E-state index in [9.17, 15) is 4.79 Å². The van der Waals surface area contributed by atoms with Gasteiger partial charge in [-0.15, -0.1) is 0 Å². The van der Waals surface area contributed by atoms with E-state index in [0.717, 1.165) is 50.6 Å². The van der Waals surface area contributed by atoms with Gasteiger partial charge in [0, 0.05) is 36.8 Å². The smallest absolute Gasteiger partial charge is 0.254 e. The minimum absolute atomic E-state index is 0.0619. The molecule has 0 saturated carbocycles. The molecular weight excluding hydrogens is 364 g/mol. The van der Waals surface area contributed by atoms with E-state index in [1.54, 1.807) is 6.07 Å². The van der Waals surface area contributed by atoms with Crippen LogP contribution in [0.25, 0.3) is 0 Å². The van der Waals surface area contributed by atoms with E-state index in [1.807, 2.05) is 35.2 Å². The molecule has 27 heavy (non-hydrogen) atoms. The lowest BCUT2D eigenvalue weighted by Gasteiger charge is -2.34. The van der Waals surface area contributed by atoms with Crippen molar-refractivity contribution in [3.63, 3.8) is 0 Å². The summed E-state index contributed by atoms with van der Waals surface area (Å²) in [5, 5.41) is 0.795. The van der Waals surface area contributed by atoms with Crippen LogP contribution in [0.4, 0.5) is 0 Å². The summed E-state index contributed by atoms with van der Waals surface area (Å²) in [5.41, 5.74) is 1.94. The highest BCUT2D eigenvalue weighted by Gasteiger charge is 2.23. The first-order chi connectivity index (χ1) is 13.2. The lowest BCUT2D eigenvalue weighted by atomic mass is 10.1. The summed E-state index contributed by atoms with van der Waals surface area (Å²) in [4.78, 5) is 17.1. The summed E-state index contributed by atoms with van der Waals surface area (Å²) in [7, 11) is 0. The summed E-state index contributed by atoms with van der Waals surface area (Å²) in [5.74, 6) is 1.42. The van der Waals surface area contributed by atoms with Crippen molar-refractivity contribution in [2.75, 3.05) is 39.5 Å². The third kappa shape index (κ3) is 4.37. The fourth-order valence-corrected chi connectivity index (χ4v) is 3.80. The maximum atomic E-state index is 12.7. The average Bonchev–Trinajstić information content (AvgIpc) is 3.16. The van der Waals surface area contributed by atoms with E-state index in [4.69, 9.17) is 21.1 Å². The number of aryl methyl sites for hydroxylation is 1. The minimum Gasteiger partial charge on any atom is -0.454 e. The molecule has 0 aliphatic carbocycles. The van der Waals surface area contributed by atoms with Crippen molar-refractivity contribution >= 4 is 17.5 Å². The number of carbonyl (C=O) groups excluding carboxylic acids is 1. The molecule has 4 rings (SSSR count). The molecule has 1 saturated heterocycles. The van der Waals surface area contributed by atoms with Crippen LogP contribution in [-0.4, -0.2) is 55.2 Å². The highest BCUT2D eigenvalue weighted by molar-refractivity contribution is 6.30. The van der Waals surface area contributed by atoms with Gasteiger partial charge >= 0.3 is 0 Å². The number of hydrogen-bond donors (Lipinski definition) is 0. The first-order valence-corrected chi connectivity index (χ1v) is 9.72. The van der Waals surface area contributed by atoms with E-state index >= 15 is 0 Å². The Bertz CT molecular complexity index is 819. The van der Waals surface area contributed by atoms with Crippen molar-refractivity contribution in [3.8, 4) is 11.5 Å². The number of ether oxygens (including phenoxy) is 2. The molecule has 5 nitrogen and oxygen atoms in total. The van der Waals surface area contributed by atoms with E-state index in [2.05, 4.69) is 11.0 Å². The molecule has 2 aliphatic rings. The van der Waals surface area contributed by atoms with Gasteiger partial charge in [0.2, 0.25) is 6.79 Å². The van der Waals surface area contributed by atoms with Crippen molar-refractivity contribution in [1.29, 1.82) is 0 Å². The van der Waals surface area contributed by atoms with Crippen molar-refractivity contribution in [1.82, 2.24) is 9.80 Å². The van der Waals surface area contributed by atoms with Gasteiger partial charge in [-0.2, -0.15) is 0 Å². The summed E-state index contributed by atoms with van der Waals surface area (Å²) >= 11 is 6.04. The molecule has 1 fully saturated rings. The molecule has 0 atom stereocenters. The van der Waals surface area contributed by atoms with Crippen LogP contribution in [0.3, 0.4) is 0 Å². The summed E-state index contributed by atoms with van der Waals surface area (Å²) in [6, 6.07) is 13.5. The van der Waals surface area contributed by atoms with Crippen LogP contribution in [0, 0.1) is 0 Å². The maximum Gasteiger partial charge on any atom is 0.254 e. The SMILES string of the molecule is O=C(c1ccc2c(c1)OCO2)N1CCN(CCCc2cccc(Cl)c2)CC1. The summed E-state index contributed by atoms with van der Waals surface area (Å²) in [6.07, 6.45) is 2.12. The second-order valence-electron chi connectivity index (χ2n) is 6.94. The average molecular weight is 387 g/mol. The van der Waals surface area contributed by atoms with E-state index in [1.165, 1.54) is 5.56 Å². The molecule has 0 radical (unpaired) electrons. The second-order valence-corrected chi connectivity index (χ2v) is 7.37. The van der Waals surface area contributed by atoms with Crippen molar-refractivity contribution in [2.24, 2.45) is 0 Å². The first kappa shape index (κ1) is 18.1. The van der Waals surface area contributed by atoms with Crippen LogP contribution in [0.2, 0.25) is 5.02 Å². The number of halogens is 1. The lowest BCUT2D eigenvalue weighted by molar-refractivity contribution is 0.0635. The number of benzene rings is 2. The van der Waals surface area contributed by atoms with Crippen molar-refractivity contribution in [3.05, 3.63) is 58.6 Å². The number of rotatable bonds is 5. The number of nitrogens with zero attached hydrogens (tertiary/aromatic N) is 2. The number of amides is 1. The zero-order valence-corrected chi connectivity index (χ0v) is 16.0. The lowest BCUT2D eigenvalue weighted by Crippen LogP contribution is -2.48. The Labute approximate surface area is 164 Å². The van der Waals surface area contributed by atoms with Gasteiger partial charge in [-0.1, -0.05) is 23.7 Å². The Hall–Kier alpha value is -2.24. The van der Waals surface area contributed by atoms with Crippen LogP contribution in [0.1, 0.15) is 22.3 Å². The third-order valence-corrected chi connectivity index (χ3v) is 5.34. The summed E-state index contributed by atoms with van der Waals surface area (Å²) < 4.78 is 10.7. The zero-order valence-electron chi connectivity index (χ0n) is 15.2. The Kier molecular flexibility index (Phi) is 5.50. The van der Waals surface area contributed by atoms with Gasteiger partial charge in [0.15, 0.2) is 11.5 Å². The Balaban J connectivity index is 1.24. The normalized spacial score (nSPS) is 16.6. The predicted molar refractivity (Wildman–Crippen MR) is 105 cm³/mol. The molecule has 0 aromatic heterocycles. The zero-order chi connectivity index (χ0) is 18.6. The Morgan fingerprint density at radius 3 is 2.63 bits per heavy atom. The standard InChI is InChI=1S/C21H23ClN2O3/c22-18-5-1-3-16(13-18)4-2-8-23-9-11-24(12-10-23)21(25)17-6-7-19-20(14-17)27-15-26-19/h1,3,5-7,13-14H,2,4,8-12,15H2. The van der Waals surface area contributed by atoms with Crippen LogP contribution < -0.4 is 9.47 Å². The van der Waals surface area contributed by atoms with Crippen LogP contribution in [0.15, 0.2) is 42.5 Å². The highest BCUT2D eigenvalue weighted by Crippen LogP contribution is 2.32. The van der Waals surface area contributed by atoms with Gasteiger partial charge in [0.05, 0.1) is 0 Å². The minimum atomic E-state index is 0.0619. The number of carbonyl (C=O) groups is 1. The maximum absolute atomic E-state index is 12.7. The monoisotopic (exact) mass is 386 g/mol. The molecule has 2 aliphatic heterocycles.